The van der Waals surface area contributed by atoms with Crippen LogP contribution in [-0.4, -0.2) is 100 Å². The molecule has 2 aliphatic rings. The number of alkyl halides is 2. The van der Waals surface area contributed by atoms with Crippen LogP contribution >= 0.6 is 23.2 Å². The summed E-state index contributed by atoms with van der Waals surface area (Å²) in [7, 11) is 4.40. The van der Waals surface area contributed by atoms with Crippen LogP contribution in [-0.2, 0) is 34.1 Å². The van der Waals surface area contributed by atoms with Gasteiger partial charge in [0.25, 0.3) is 0 Å². The Balaban J connectivity index is 0. The maximum absolute atomic E-state index is 7.05. The Kier molecular flexibility index (Phi) is 26.6. The normalized spacial score (nSPS) is 27.3. The van der Waals surface area contributed by atoms with Gasteiger partial charge in [0.1, 0.15) is 0 Å². The van der Waals surface area contributed by atoms with Crippen molar-refractivity contribution in [2.45, 2.75) is 179 Å². The fourth-order valence-corrected chi connectivity index (χ4v) is 7.37. The molecule has 4 atom stereocenters. The second-order valence-electron chi connectivity index (χ2n) is 14.9. The summed E-state index contributed by atoms with van der Waals surface area (Å²) < 4.78 is -0.840. The summed E-state index contributed by atoms with van der Waals surface area (Å²) in [4.78, 5) is 10.00. The second kappa shape index (κ2) is 24.6. The first-order valence-electron chi connectivity index (χ1n) is 18.0. The molecule has 2 saturated heterocycles. The van der Waals surface area contributed by atoms with E-state index in [4.69, 9.17) is 23.2 Å². The smallest absolute Gasteiger partial charge is 0.300 e. The molecule has 4 nitrogen and oxygen atoms in total. The minimum Gasteiger partial charge on any atom is -0.300 e. The van der Waals surface area contributed by atoms with Crippen molar-refractivity contribution in [3.63, 3.8) is 0 Å². The van der Waals surface area contributed by atoms with Crippen molar-refractivity contribution in [3.8, 4) is 0 Å². The van der Waals surface area contributed by atoms with Gasteiger partial charge in [-0.3, -0.25) is 19.6 Å². The summed E-state index contributed by atoms with van der Waals surface area (Å²) in [6, 6.07) is 0.631. The molecular formula is C36H74Cl2Mn2N4+4. The van der Waals surface area contributed by atoms with E-state index in [1.54, 1.807) is 0 Å². The third-order valence-corrected chi connectivity index (χ3v) is 12.4. The van der Waals surface area contributed by atoms with E-state index in [1.807, 2.05) is 0 Å². The first-order chi connectivity index (χ1) is 19.7. The van der Waals surface area contributed by atoms with E-state index in [0.717, 1.165) is 39.3 Å². The minimum absolute atomic E-state index is 0. The monoisotopic (exact) mass is 742 g/mol. The third-order valence-electron chi connectivity index (χ3n) is 10.8. The van der Waals surface area contributed by atoms with Crippen molar-refractivity contribution in [3.05, 3.63) is 0 Å². The molecule has 2 fully saturated rings. The van der Waals surface area contributed by atoms with Gasteiger partial charge in [-0.05, 0) is 62.1 Å². The number of nitrogens with zero attached hydrogens (tertiary/aromatic N) is 4. The van der Waals surface area contributed by atoms with Crippen LogP contribution in [0.15, 0.2) is 0 Å². The van der Waals surface area contributed by atoms with Crippen molar-refractivity contribution in [1.82, 2.24) is 19.6 Å². The summed E-state index contributed by atoms with van der Waals surface area (Å²) in [6.07, 6.45) is 21.6. The second-order valence-corrected chi connectivity index (χ2v) is 16.3. The molecule has 2 rings (SSSR count). The van der Waals surface area contributed by atoms with Gasteiger partial charge < -0.3 is 0 Å². The molecule has 0 spiro atoms. The van der Waals surface area contributed by atoms with Gasteiger partial charge in [0.15, 0.2) is 4.33 Å². The molecule has 0 aliphatic carbocycles. The average molecular weight is 744 g/mol. The minimum atomic E-state index is -0.840. The van der Waals surface area contributed by atoms with Gasteiger partial charge in [0.2, 0.25) is 0 Å². The molecule has 0 N–H and O–H groups in total. The molecular weight excluding hydrogens is 669 g/mol. The van der Waals surface area contributed by atoms with Crippen LogP contribution in [0.3, 0.4) is 0 Å². The Morgan fingerprint density at radius 2 is 0.977 bits per heavy atom. The molecule has 0 aromatic carbocycles. The van der Waals surface area contributed by atoms with Gasteiger partial charge in [0.05, 0.1) is 0 Å². The van der Waals surface area contributed by atoms with Crippen LogP contribution < -0.4 is 0 Å². The van der Waals surface area contributed by atoms with Crippen LogP contribution in [0, 0.1) is 0 Å². The summed E-state index contributed by atoms with van der Waals surface area (Å²) in [6.45, 7) is 24.4. The summed E-state index contributed by atoms with van der Waals surface area (Å²) in [5, 5.41) is 0. The molecule has 2 bridgehead atoms. The molecule has 2 aliphatic heterocycles. The van der Waals surface area contributed by atoms with E-state index >= 15 is 0 Å². The molecule has 4 unspecified atom stereocenters. The molecule has 0 saturated carbocycles. The van der Waals surface area contributed by atoms with Crippen molar-refractivity contribution in [2.24, 2.45) is 0 Å². The number of unbranched alkanes of at least 4 members (excludes halogenated alkanes) is 13. The van der Waals surface area contributed by atoms with E-state index in [-0.39, 0.29) is 51.3 Å². The van der Waals surface area contributed by atoms with Gasteiger partial charge in [-0.2, -0.15) is 0 Å². The topological polar surface area (TPSA) is 13.0 Å². The number of fused-ring (bicyclic) bond motifs is 3. The summed E-state index contributed by atoms with van der Waals surface area (Å²) in [5.41, 5.74) is -0.145. The van der Waals surface area contributed by atoms with Crippen LogP contribution in [0.5, 0.6) is 0 Å². The van der Waals surface area contributed by atoms with Crippen LogP contribution in [0.2, 0.25) is 0 Å². The van der Waals surface area contributed by atoms with Gasteiger partial charge >= 0.3 is 34.1 Å². The molecule has 8 heteroatoms. The van der Waals surface area contributed by atoms with Gasteiger partial charge in [-0.15, -0.1) is 0 Å². The Hall–Kier alpha value is 1.46. The Labute approximate surface area is 307 Å². The van der Waals surface area contributed by atoms with E-state index in [2.05, 4.69) is 89.1 Å². The first kappa shape index (κ1) is 47.6. The SMILES string of the molecule is CC1CC(C)(C)N(C)CCN2CCN1CCN(C)C(C)C(Cl)(Cl)C2(C)C.CCCCCCCCCCCCCCCC.[Mn+2].[Mn+2]. The zero-order valence-electron chi connectivity index (χ0n) is 30.8. The maximum Gasteiger partial charge on any atom is 2.00 e. The zero-order valence-corrected chi connectivity index (χ0v) is 34.7. The van der Waals surface area contributed by atoms with Crippen molar-refractivity contribution in [1.29, 1.82) is 0 Å². The maximum atomic E-state index is 7.05. The molecule has 262 valence electrons. The molecule has 0 aromatic heterocycles. The fourth-order valence-electron chi connectivity index (χ4n) is 6.80. The Morgan fingerprint density at radius 3 is 1.41 bits per heavy atom. The van der Waals surface area contributed by atoms with Crippen LogP contribution in [0.4, 0.5) is 0 Å². The number of rotatable bonds is 13. The van der Waals surface area contributed by atoms with Crippen molar-refractivity contribution >= 4 is 23.2 Å². The Morgan fingerprint density at radius 1 is 0.591 bits per heavy atom. The zero-order chi connectivity index (χ0) is 31.8. The fraction of sp³-hybridized carbons (Fsp3) is 1.00. The number of halogens is 2. The molecule has 2 heterocycles. The van der Waals surface area contributed by atoms with E-state index in [0.29, 0.717) is 6.04 Å². The van der Waals surface area contributed by atoms with Gasteiger partial charge in [0, 0.05) is 62.4 Å². The van der Waals surface area contributed by atoms with Gasteiger partial charge in [-0.1, -0.05) is 127 Å². The summed E-state index contributed by atoms with van der Waals surface area (Å²) >= 11 is 14.1. The van der Waals surface area contributed by atoms with E-state index in [1.165, 1.54) is 96.3 Å². The first-order valence-corrected chi connectivity index (χ1v) is 18.8. The molecule has 0 amide bonds. The van der Waals surface area contributed by atoms with Crippen LogP contribution in [0.25, 0.3) is 0 Å². The number of hydrogen-bond acceptors (Lipinski definition) is 4. The van der Waals surface area contributed by atoms with E-state index < -0.39 is 4.33 Å². The predicted octanol–water partition coefficient (Wildman–Crippen LogP) is 9.86. The van der Waals surface area contributed by atoms with Crippen molar-refractivity contribution in [2.75, 3.05) is 53.4 Å². The third kappa shape index (κ3) is 16.2. The Bertz CT molecular complexity index is 679. The molecule has 44 heavy (non-hydrogen) atoms. The predicted molar refractivity (Wildman–Crippen MR) is 191 cm³/mol. The van der Waals surface area contributed by atoms with Gasteiger partial charge in [-0.25, -0.2) is 0 Å². The van der Waals surface area contributed by atoms with Crippen molar-refractivity contribution < 1.29 is 34.1 Å². The largest absolute Gasteiger partial charge is 2.00 e. The molecule has 2 radical (unpaired) electrons. The molecule has 0 aromatic rings. The standard InChI is InChI=1S/C20H40Cl2N4.C16H34.2Mn/c1-16-15-18(3,4)24(8)10-13-26-14-12-25(16)11-9-23(7)17(2)20(21,22)19(26,5)6;1-3-5-7-9-11-13-15-16-14-12-10-8-6-4-2;;/h16-17H,9-15H2,1-8H3;3-16H2,1-2H3;;/q;;2*+2. The average Bonchev–Trinajstić information content (AvgIpc) is 2.93. The van der Waals surface area contributed by atoms with Crippen LogP contribution in [0.1, 0.15) is 152 Å². The summed E-state index contributed by atoms with van der Waals surface area (Å²) in [5.74, 6) is 0. The van der Waals surface area contributed by atoms with E-state index in [9.17, 15) is 0 Å². The number of hydrogen-bond donors (Lipinski definition) is 0. The quantitative estimate of drug-likeness (QED) is 0.106. The number of likely N-dealkylation sites (N-methyl/N-ethyl adjacent to an activating group) is 2.